The maximum Gasteiger partial charge on any atom is 0.0221 e. The Labute approximate surface area is 94.6 Å². The molecule has 2 heterocycles. The fourth-order valence-corrected chi connectivity index (χ4v) is 3.50. The number of hydrogen-bond donors (Lipinski definition) is 0. The number of hydrazine groups is 1. The topological polar surface area (TPSA) is 6.48 Å². The predicted octanol–water partition coefficient (Wildman–Crippen LogP) is 3.04. The van der Waals surface area contributed by atoms with Crippen molar-refractivity contribution < 1.29 is 0 Å². The van der Waals surface area contributed by atoms with Crippen LogP contribution < -0.4 is 0 Å². The van der Waals surface area contributed by atoms with Gasteiger partial charge in [-0.3, -0.25) is 0 Å². The van der Waals surface area contributed by atoms with E-state index in [0.717, 1.165) is 24.2 Å². The summed E-state index contributed by atoms with van der Waals surface area (Å²) in [6.45, 7) is 9.57. The van der Waals surface area contributed by atoms with E-state index in [4.69, 9.17) is 0 Å². The van der Waals surface area contributed by atoms with Gasteiger partial charge in [0.2, 0.25) is 0 Å². The van der Waals surface area contributed by atoms with Crippen molar-refractivity contribution in [2.24, 2.45) is 0 Å². The highest BCUT2D eigenvalue weighted by molar-refractivity contribution is 4.86. The van der Waals surface area contributed by atoms with Crippen LogP contribution in [0.2, 0.25) is 0 Å². The van der Waals surface area contributed by atoms with Gasteiger partial charge in [0.25, 0.3) is 0 Å². The van der Waals surface area contributed by atoms with Gasteiger partial charge in [-0.25, -0.2) is 10.0 Å². The maximum absolute atomic E-state index is 2.69. The summed E-state index contributed by atoms with van der Waals surface area (Å²) in [7, 11) is 0. The predicted molar refractivity (Wildman–Crippen MR) is 64.6 cm³/mol. The molecule has 2 rings (SSSR count). The lowest BCUT2D eigenvalue weighted by Crippen LogP contribution is -2.57. The van der Waals surface area contributed by atoms with E-state index in [2.05, 4.69) is 37.7 Å². The zero-order chi connectivity index (χ0) is 11.0. The third kappa shape index (κ3) is 2.07. The highest BCUT2D eigenvalue weighted by Gasteiger charge is 2.37. The third-order valence-electron chi connectivity index (χ3n) is 4.32. The first kappa shape index (κ1) is 11.4. The summed E-state index contributed by atoms with van der Waals surface area (Å²) in [6, 6.07) is 3.00. The van der Waals surface area contributed by atoms with E-state index >= 15 is 0 Å². The molecule has 2 heteroatoms. The molecule has 15 heavy (non-hydrogen) atoms. The zero-order valence-electron chi connectivity index (χ0n) is 10.7. The Hall–Kier alpha value is -0.0800. The first-order valence-electron chi connectivity index (χ1n) is 6.68. The van der Waals surface area contributed by atoms with Gasteiger partial charge >= 0.3 is 0 Å². The molecule has 0 amide bonds. The van der Waals surface area contributed by atoms with Crippen molar-refractivity contribution in [1.29, 1.82) is 0 Å². The fraction of sp³-hybridized carbons (Fsp3) is 1.00. The Bertz CT molecular complexity index is 197. The van der Waals surface area contributed by atoms with Crippen LogP contribution in [0.4, 0.5) is 0 Å². The van der Waals surface area contributed by atoms with Gasteiger partial charge < -0.3 is 0 Å². The molecule has 0 saturated carbocycles. The molecule has 0 bridgehead atoms. The van der Waals surface area contributed by atoms with Crippen molar-refractivity contribution in [2.75, 3.05) is 0 Å². The molecule has 0 aromatic carbocycles. The molecule has 2 aliphatic heterocycles. The molecule has 0 radical (unpaired) electrons. The van der Waals surface area contributed by atoms with Crippen molar-refractivity contribution in [3.05, 3.63) is 0 Å². The Balaban J connectivity index is 2.12. The van der Waals surface area contributed by atoms with Crippen molar-refractivity contribution in [3.8, 4) is 0 Å². The smallest absolute Gasteiger partial charge is 0.0221 e. The van der Waals surface area contributed by atoms with Crippen LogP contribution in [0.1, 0.15) is 59.8 Å². The lowest BCUT2D eigenvalue weighted by molar-refractivity contribution is -0.128. The minimum atomic E-state index is 0.747. The van der Waals surface area contributed by atoms with Crippen molar-refractivity contribution in [1.82, 2.24) is 10.0 Å². The minimum absolute atomic E-state index is 0.747. The first-order chi connectivity index (χ1) is 7.11. The quantitative estimate of drug-likeness (QED) is 0.656. The summed E-state index contributed by atoms with van der Waals surface area (Å²) in [5.74, 6) is 0. The average Bonchev–Trinajstić information content (AvgIpc) is 2.49. The summed E-state index contributed by atoms with van der Waals surface area (Å²) < 4.78 is 0. The third-order valence-corrected chi connectivity index (χ3v) is 4.32. The summed E-state index contributed by atoms with van der Waals surface area (Å²) in [4.78, 5) is 0. The molecule has 4 atom stereocenters. The van der Waals surface area contributed by atoms with Crippen LogP contribution in [0, 0.1) is 0 Å². The largest absolute Gasteiger partial charge is 0.236 e. The summed E-state index contributed by atoms with van der Waals surface area (Å²) in [5.41, 5.74) is 0. The van der Waals surface area contributed by atoms with Crippen LogP contribution in [0.15, 0.2) is 0 Å². The van der Waals surface area contributed by atoms with E-state index in [-0.39, 0.29) is 0 Å². The number of rotatable bonds is 1. The van der Waals surface area contributed by atoms with Gasteiger partial charge in [0.15, 0.2) is 0 Å². The molecule has 2 aliphatic rings. The lowest BCUT2D eigenvalue weighted by atomic mass is 9.99. The molecule has 88 valence electrons. The SMILES string of the molecule is CC1CCCC(C)N1N1C(C)CCC1C. The van der Waals surface area contributed by atoms with E-state index in [9.17, 15) is 0 Å². The second kappa shape index (κ2) is 4.42. The Morgan fingerprint density at radius 1 is 0.600 bits per heavy atom. The second-order valence-electron chi connectivity index (χ2n) is 5.66. The van der Waals surface area contributed by atoms with Gasteiger partial charge in [-0.1, -0.05) is 6.42 Å². The molecule has 0 aromatic rings. The molecule has 2 nitrogen and oxygen atoms in total. The average molecular weight is 210 g/mol. The van der Waals surface area contributed by atoms with Gasteiger partial charge in [0.1, 0.15) is 0 Å². The molecule has 2 saturated heterocycles. The van der Waals surface area contributed by atoms with Gasteiger partial charge in [-0.15, -0.1) is 0 Å². The maximum atomic E-state index is 2.69. The molecule has 0 spiro atoms. The Kier molecular flexibility index (Phi) is 3.36. The Morgan fingerprint density at radius 2 is 0.933 bits per heavy atom. The van der Waals surface area contributed by atoms with Gasteiger partial charge in [-0.05, 0) is 53.4 Å². The molecular weight excluding hydrogens is 184 g/mol. The number of hydrogen-bond acceptors (Lipinski definition) is 2. The summed E-state index contributed by atoms with van der Waals surface area (Å²) in [6.07, 6.45) is 6.91. The number of nitrogens with zero attached hydrogens (tertiary/aromatic N) is 2. The van der Waals surface area contributed by atoms with E-state index in [1.807, 2.05) is 0 Å². The fourth-order valence-electron chi connectivity index (χ4n) is 3.50. The second-order valence-corrected chi connectivity index (χ2v) is 5.66. The van der Waals surface area contributed by atoms with Crippen molar-refractivity contribution in [2.45, 2.75) is 84.0 Å². The van der Waals surface area contributed by atoms with Crippen LogP contribution in [0.25, 0.3) is 0 Å². The lowest BCUT2D eigenvalue weighted by Gasteiger charge is -2.48. The van der Waals surface area contributed by atoms with Crippen LogP contribution in [0.3, 0.4) is 0 Å². The normalized spacial score (nSPS) is 44.8. The monoisotopic (exact) mass is 210 g/mol. The molecule has 0 aromatic heterocycles. The van der Waals surface area contributed by atoms with E-state index < -0.39 is 0 Å². The molecule has 2 fully saturated rings. The highest BCUT2D eigenvalue weighted by atomic mass is 15.7. The van der Waals surface area contributed by atoms with Crippen LogP contribution in [-0.4, -0.2) is 34.2 Å². The van der Waals surface area contributed by atoms with Gasteiger partial charge in [0.05, 0.1) is 0 Å². The van der Waals surface area contributed by atoms with Crippen LogP contribution in [0.5, 0.6) is 0 Å². The summed E-state index contributed by atoms with van der Waals surface area (Å²) >= 11 is 0. The highest BCUT2D eigenvalue weighted by Crippen LogP contribution is 2.32. The standard InChI is InChI=1S/C13H26N2/c1-10-6-5-7-11(2)14(10)15-12(3)8-9-13(15)4/h10-13H,5-9H2,1-4H3. The van der Waals surface area contributed by atoms with Crippen LogP contribution >= 0.6 is 0 Å². The van der Waals surface area contributed by atoms with E-state index in [1.54, 1.807) is 0 Å². The van der Waals surface area contributed by atoms with E-state index in [0.29, 0.717) is 0 Å². The molecule has 0 aliphatic carbocycles. The van der Waals surface area contributed by atoms with Crippen molar-refractivity contribution >= 4 is 0 Å². The molecule has 4 unspecified atom stereocenters. The molecular formula is C13H26N2. The van der Waals surface area contributed by atoms with Crippen molar-refractivity contribution in [3.63, 3.8) is 0 Å². The Morgan fingerprint density at radius 3 is 1.33 bits per heavy atom. The molecule has 0 N–H and O–H groups in total. The zero-order valence-corrected chi connectivity index (χ0v) is 10.7. The number of piperidine rings is 1. The van der Waals surface area contributed by atoms with Crippen LogP contribution in [-0.2, 0) is 0 Å². The van der Waals surface area contributed by atoms with Gasteiger partial charge in [0, 0.05) is 24.2 Å². The first-order valence-corrected chi connectivity index (χ1v) is 6.68. The van der Waals surface area contributed by atoms with E-state index in [1.165, 1.54) is 32.1 Å². The summed E-state index contributed by atoms with van der Waals surface area (Å²) in [5, 5.41) is 5.36. The van der Waals surface area contributed by atoms with Gasteiger partial charge in [-0.2, -0.15) is 0 Å². The minimum Gasteiger partial charge on any atom is -0.236 e.